The molecule has 28 heavy (non-hydrogen) atoms. The molecule has 0 radical (unpaired) electrons. The van der Waals surface area contributed by atoms with Crippen LogP contribution in [-0.4, -0.2) is 65.9 Å². The zero-order valence-corrected chi connectivity index (χ0v) is 16.1. The average Bonchev–Trinajstić information content (AvgIpc) is 2.97. The van der Waals surface area contributed by atoms with Gasteiger partial charge in [0, 0.05) is 24.8 Å². The van der Waals surface area contributed by atoms with Gasteiger partial charge in [-0.05, 0) is 50.5 Å². The molecule has 2 aromatic rings. The highest BCUT2D eigenvalue weighted by atomic mass is 16.5. The second kappa shape index (κ2) is 8.22. The molecule has 1 saturated heterocycles. The number of carbonyl (C=O) groups excluding carboxylic acids is 2. The van der Waals surface area contributed by atoms with Gasteiger partial charge in [0.25, 0.3) is 11.7 Å². The molecule has 1 amide bonds. The van der Waals surface area contributed by atoms with Gasteiger partial charge in [-0.25, -0.2) is 0 Å². The fourth-order valence-electron chi connectivity index (χ4n) is 3.17. The lowest BCUT2D eigenvalue weighted by atomic mass is 9.98. The van der Waals surface area contributed by atoms with Crippen LogP contribution in [0.25, 0.3) is 5.76 Å². The van der Waals surface area contributed by atoms with Crippen LogP contribution in [0.2, 0.25) is 0 Å². The number of carbonyl (C=O) groups is 2. The molecule has 1 fully saturated rings. The number of ketones is 1. The van der Waals surface area contributed by atoms with Crippen molar-refractivity contribution in [3.8, 4) is 5.75 Å². The fourth-order valence-corrected chi connectivity index (χ4v) is 3.17. The molecule has 1 N–H and O–H groups in total. The van der Waals surface area contributed by atoms with E-state index in [1.54, 1.807) is 55.8 Å². The Morgan fingerprint density at radius 2 is 1.89 bits per heavy atom. The van der Waals surface area contributed by atoms with Crippen molar-refractivity contribution in [2.24, 2.45) is 0 Å². The number of likely N-dealkylation sites (N-methyl/N-ethyl adjacent to an activating group) is 1. The number of rotatable bonds is 6. The fraction of sp³-hybridized carbons (Fsp3) is 0.286. The van der Waals surface area contributed by atoms with E-state index in [9.17, 15) is 14.7 Å². The summed E-state index contributed by atoms with van der Waals surface area (Å²) in [5.41, 5.74) is 1.02. The molecule has 7 nitrogen and oxygen atoms in total. The molecule has 0 aliphatic carbocycles. The Morgan fingerprint density at radius 3 is 2.46 bits per heavy atom. The van der Waals surface area contributed by atoms with Gasteiger partial charge in [0.1, 0.15) is 17.6 Å². The number of aromatic nitrogens is 1. The number of hydrogen-bond donors (Lipinski definition) is 1. The first-order valence-electron chi connectivity index (χ1n) is 8.92. The number of hydrogen-bond acceptors (Lipinski definition) is 6. The molecule has 0 saturated carbocycles. The number of likely N-dealkylation sites (tertiary alicyclic amines) is 1. The summed E-state index contributed by atoms with van der Waals surface area (Å²) in [5.74, 6) is -0.927. The maximum absolute atomic E-state index is 12.8. The molecular formula is C21H23N3O4. The van der Waals surface area contributed by atoms with E-state index in [0.717, 1.165) is 0 Å². The van der Waals surface area contributed by atoms with Gasteiger partial charge >= 0.3 is 0 Å². The van der Waals surface area contributed by atoms with Crippen LogP contribution < -0.4 is 4.74 Å². The van der Waals surface area contributed by atoms with Crippen molar-refractivity contribution >= 4 is 17.4 Å². The predicted octanol–water partition coefficient (Wildman–Crippen LogP) is 2.07. The highest BCUT2D eigenvalue weighted by Gasteiger charge is 2.46. The zero-order chi connectivity index (χ0) is 20.3. The van der Waals surface area contributed by atoms with E-state index >= 15 is 0 Å². The number of aliphatic hydroxyl groups is 1. The lowest BCUT2D eigenvalue weighted by Crippen LogP contribution is -2.35. The van der Waals surface area contributed by atoms with Gasteiger partial charge in [0.05, 0.1) is 18.4 Å². The van der Waals surface area contributed by atoms with Crippen molar-refractivity contribution in [2.45, 2.75) is 6.04 Å². The first-order valence-corrected chi connectivity index (χ1v) is 8.92. The standard InChI is InChI=1S/C21H23N3O4/c1-23(2)12-13-24-18(16-6-4-5-11-22-16)17(20(26)21(24)27)19(25)14-7-9-15(28-3)10-8-14/h4-11,18,25H,12-13H2,1-3H3/b19-17+/t18-/m0/s1. The van der Waals surface area contributed by atoms with Crippen LogP contribution in [0.5, 0.6) is 5.75 Å². The van der Waals surface area contributed by atoms with Gasteiger partial charge in [-0.2, -0.15) is 0 Å². The minimum absolute atomic E-state index is 0.0487. The second-order valence-corrected chi connectivity index (χ2v) is 6.78. The van der Waals surface area contributed by atoms with Crippen molar-refractivity contribution < 1.29 is 19.4 Å². The minimum Gasteiger partial charge on any atom is -0.507 e. The third-order valence-corrected chi connectivity index (χ3v) is 4.66. The lowest BCUT2D eigenvalue weighted by molar-refractivity contribution is -0.140. The van der Waals surface area contributed by atoms with Gasteiger partial charge in [-0.1, -0.05) is 6.07 Å². The van der Waals surface area contributed by atoms with E-state index < -0.39 is 17.7 Å². The summed E-state index contributed by atoms with van der Waals surface area (Å²) in [4.78, 5) is 33.3. The average molecular weight is 381 g/mol. The molecule has 1 aliphatic heterocycles. The Hall–Kier alpha value is -3.19. The normalized spacial score (nSPS) is 18.7. The third-order valence-electron chi connectivity index (χ3n) is 4.66. The highest BCUT2D eigenvalue weighted by molar-refractivity contribution is 6.46. The number of nitrogens with zero attached hydrogens (tertiary/aromatic N) is 3. The monoisotopic (exact) mass is 381 g/mol. The maximum atomic E-state index is 12.8. The van der Waals surface area contributed by atoms with Crippen molar-refractivity contribution in [3.05, 3.63) is 65.5 Å². The van der Waals surface area contributed by atoms with E-state index in [4.69, 9.17) is 4.74 Å². The minimum atomic E-state index is -0.733. The first kappa shape index (κ1) is 19.6. The molecule has 2 heterocycles. The molecule has 3 rings (SSSR count). The highest BCUT2D eigenvalue weighted by Crippen LogP contribution is 2.38. The van der Waals surface area contributed by atoms with Crippen LogP contribution >= 0.6 is 0 Å². The topological polar surface area (TPSA) is 83.0 Å². The Morgan fingerprint density at radius 1 is 1.18 bits per heavy atom. The van der Waals surface area contributed by atoms with Crippen LogP contribution in [0.4, 0.5) is 0 Å². The summed E-state index contributed by atoms with van der Waals surface area (Å²) < 4.78 is 5.13. The van der Waals surface area contributed by atoms with Gasteiger partial charge in [0.2, 0.25) is 0 Å². The van der Waals surface area contributed by atoms with E-state index in [2.05, 4.69) is 4.98 Å². The molecule has 1 aromatic heterocycles. The summed E-state index contributed by atoms with van der Waals surface area (Å²) in [6.07, 6.45) is 1.61. The maximum Gasteiger partial charge on any atom is 0.295 e. The van der Waals surface area contributed by atoms with Gasteiger partial charge in [-0.3, -0.25) is 14.6 Å². The molecule has 0 unspecified atom stereocenters. The molecular weight excluding hydrogens is 358 g/mol. The molecule has 146 valence electrons. The molecule has 1 atom stereocenters. The van der Waals surface area contributed by atoms with Crippen LogP contribution in [0.1, 0.15) is 17.3 Å². The van der Waals surface area contributed by atoms with Crippen molar-refractivity contribution in [2.75, 3.05) is 34.3 Å². The molecule has 0 spiro atoms. The zero-order valence-electron chi connectivity index (χ0n) is 16.1. The quantitative estimate of drug-likeness (QED) is 0.469. The molecule has 1 aliphatic rings. The number of aliphatic hydroxyl groups excluding tert-OH is 1. The summed E-state index contributed by atoms with van der Waals surface area (Å²) in [5, 5.41) is 10.9. The number of Topliss-reactive ketones (excluding diaryl/α,β-unsaturated/α-hetero) is 1. The summed E-state index contributed by atoms with van der Waals surface area (Å²) >= 11 is 0. The number of benzene rings is 1. The largest absolute Gasteiger partial charge is 0.507 e. The van der Waals surface area contributed by atoms with Gasteiger partial charge in [-0.15, -0.1) is 0 Å². The van der Waals surface area contributed by atoms with E-state index in [-0.39, 0.29) is 11.3 Å². The van der Waals surface area contributed by atoms with Crippen LogP contribution in [-0.2, 0) is 9.59 Å². The first-order chi connectivity index (χ1) is 13.4. The van der Waals surface area contributed by atoms with Crippen LogP contribution in [0.15, 0.2) is 54.2 Å². The number of amides is 1. The van der Waals surface area contributed by atoms with Gasteiger partial charge in [0.15, 0.2) is 0 Å². The Labute approximate surface area is 163 Å². The SMILES string of the molecule is COc1ccc(/C(O)=C2\C(=O)C(=O)N(CCN(C)C)[C@H]2c2ccccn2)cc1. The number of pyridine rings is 1. The van der Waals surface area contributed by atoms with E-state index in [0.29, 0.717) is 30.1 Å². The molecule has 0 bridgehead atoms. The number of methoxy groups -OCH3 is 1. The Kier molecular flexibility index (Phi) is 5.75. The lowest BCUT2D eigenvalue weighted by Gasteiger charge is -2.25. The van der Waals surface area contributed by atoms with E-state index in [1.807, 2.05) is 19.0 Å². The summed E-state index contributed by atoms with van der Waals surface area (Å²) in [7, 11) is 5.33. The Balaban J connectivity index is 2.10. The van der Waals surface area contributed by atoms with Gasteiger partial charge < -0.3 is 19.6 Å². The Bertz CT molecular complexity index is 892. The smallest absolute Gasteiger partial charge is 0.295 e. The van der Waals surface area contributed by atoms with Crippen LogP contribution in [0.3, 0.4) is 0 Å². The second-order valence-electron chi connectivity index (χ2n) is 6.78. The summed E-state index contributed by atoms with van der Waals surface area (Å²) in [6, 6.07) is 11.2. The number of ether oxygens (including phenoxy) is 1. The summed E-state index contributed by atoms with van der Waals surface area (Å²) in [6.45, 7) is 0.928. The molecule has 1 aromatic carbocycles. The van der Waals surface area contributed by atoms with E-state index in [1.165, 1.54) is 4.90 Å². The van der Waals surface area contributed by atoms with Crippen LogP contribution in [0, 0.1) is 0 Å². The van der Waals surface area contributed by atoms with Crippen molar-refractivity contribution in [3.63, 3.8) is 0 Å². The molecule has 7 heteroatoms. The van der Waals surface area contributed by atoms with Crippen molar-refractivity contribution in [1.29, 1.82) is 0 Å². The predicted molar refractivity (Wildman–Crippen MR) is 105 cm³/mol. The third kappa shape index (κ3) is 3.75. The van der Waals surface area contributed by atoms with Crippen molar-refractivity contribution in [1.82, 2.24) is 14.8 Å².